The van der Waals surface area contributed by atoms with Crippen LogP contribution in [0.25, 0.3) is 11.1 Å². The van der Waals surface area contributed by atoms with E-state index in [1.54, 1.807) is 0 Å². The van der Waals surface area contributed by atoms with Gasteiger partial charge in [0.15, 0.2) is 0 Å². The fourth-order valence-electron chi connectivity index (χ4n) is 5.39. The third-order valence-corrected chi connectivity index (χ3v) is 7.29. The smallest absolute Gasteiger partial charge is 0.309 e. The van der Waals surface area contributed by atoms with E-state index in [0.29, 0.717) is 19.1 Å². The van der Waals surface area contributed by atoms with Crippen molar-refractivity contribution in [2.45, 2.75) is 51.0 Å². The molecule has 0 radical (unpaired) electrons. The van der Waals surface area contributed by atoms with Crippen LogP contribution in [0.5, 0.6) is 5.75 Å². The van der Waals surface area contributed by atoms with Crippen LogP contribution in [-0.4, -0.2) is 35.7 Å². The average Bonchev–Trinajstić information content (AvgIpc) is 3.15. The van der Waals surface area contributed by atoms with E-state index in [9.17, 15) is 4.79 Å². The minimum atomic E-state index is -0.661. The molecule has 1 saturated carbocycles. The van der Waals surface area contributed by atoms with E-state index in [1.807, 2.05) is 0 Å². The molecule has 1 atom stereocenters. The van der Waals surface area contributed by atoms with Crippen LogP contribution < -0.4 is 4.74 Å². The van der Waals surface area contributed by atoms with Gasteiger partial charge in [0.05, 0.1) is 12.5 Å². The predicted molar refractivity (Wildman–Crippen MR) is 118 cm³/mol. The molecule has 1 heterocycles. The Bertz CT molecular complexity index is 895. The van der Waals surface area contributed by atoms with Gasteiger partial charge in [-0.15, -0.1) is 0 Å². The number of hydrogen-bond acceptors (Lipinski definition) is 3. The number of carboxylic acids is 1. The van der Waals surface area contributed by atoms with Gasteiger partial charge in [-0.3, -0.25) is 9.69 Å². The molecule has 30 heavy (non-hydrogen) atoms. The van der Waals surface area contributed by atoms with Crippen molar-refractivity contribution < 1.29 is 14.6 Å². The quantitative estimate of drug-likeness (QED) is 0.707. The molecule has 5 rings (SSSR count). The molecule has 1 aliphatic heterocycles. The fourth-order valence-corrected chi connectivity index (χ4v) is 5.39. The van der Waals surface area contributed by atoms with Gasteiger partial charge in [0.25, 0.3) is 0 Å². The zero-order chi connectivity index (χ0) is 20.5. The maximum atomic E-state index is 11.1. The Morgan fingerprint density at radius 2 is 1.70 bits per heavy atom. The molecule has 4 heteroatoms. The zero-order valence-corrected chi connectivity index (χ0v) is 17.6. The number of rotatable bonds is 6. The predicted octanol–water partition coefficient (Wildman–Crippen LogP) is 5.32. The lowest BCUT2D eigenvalue weighted by Gasteiger charge is -2.41. The first-order valence-corrected chi connectivity index (χ1v) is 11.5. The normalized spacial score (nSPS) is 22.5. The maximum Gasteiger partial charge on any atom is 0.309 e. The lowest BCUT2D eigenvalue weighted by Crippen LogP contribution is -2.51. The van der Waals surface area contributed by atoms with Crippen LogP contribution in [0.2, 0.25) is 0 Å². The lowest BCUT2D eigenvalue weighted by molar-refractivity contribution is -0.148. The summed E-state index contributed by atoms with van der Waals surface area (Å²) in [6, 6.07) is 15.7. The second kappa shape index (κ2) is 8.43. The van der Waals surface area contributed by atoms with Crippen molar-refractivity contribution in [2.75, 3.05) is 19.7 Å². The van der Waals surface area contributed by atoms with E-state index in [2.05, 4.69) is 47.4 Å². The summed E-state index contributed by atoms with van der Waals surface area (Å²) in [5, 5.41) is 9.14. The lowest BCUT2D eigenvalue weighted by atomic mass is 9.90. The Hall–Kier alpha value is -2.33. The Labute approximate surface area is 178 Å². The Kier molecular flexibility index (Phi) is 5.51. The van der Waals surface area contributed by atoms with Crippen LogP contribution in [0.15, 0.2) is 42.5 Å². The number of ether oxygens (including phenoxy) is 1. The third kappa shape index (κ3) is 3.98. The number of carbonyl (C=O) groups is 1. The number of likely N-dealkylation sites (tertiary alicyclic amines) is 1. The van der Waals surface area contributed by atoms with E-state index in [-0.39, 0.29) is 5.92 Å². The molecule has 3 aliphatic rings. The summed E-state index contributed by atoms with van der Waals surface area (Å²) < 4.78 is 6.05. The highest BCUT2D eigenvalue weighted by molar-refractivity contribution is 5.71. The molecule has 0 bridgehead atoms. The van der Waals surface area contributed by atoms with Gasteiger partial charge >= 0.3 is 5.97 Å². The van der Waals surface area contributed by atoms with E-state index in [4.69, 9.17) is 9.84 Å². The summed E-state index contributed by atoms with van der Waals surface area (Å²) in [5.41, 5.74) is 5.27. The van der Waals surface area contributed by atoms with Gasteiger partial charge in [-0.05, 0) is 66.0 Å². The van der Waals surface area contributed by atoms with Crippen LogP contribution >= 0.6 is 0 Å². The molecule has 1 N–H and O–H groups in total. The van der Waals surface area contributed by atoms with Crippen molar-refractivity contribution in [1.29, 1.82) is 0 Å². The fraction of sp³-hybridized carbons (Fsp3) is 0.500. The van der Waals surface area contributed by atoms with Gasteiger partial charge in [-0.25, -0.2) is 0 Å². The number of hydrogen-bond donors (Lipinski definition) is 1. The van der Waals surface area contributed by atoms with Crippen molar-refractivity contribution in [1.82, 2.24) is 4.90 Å². The molecule has 4 nitrogen and oxygen atoms in total. The highest BCUT2D eigenvalue weighted by atomic mass is 16.5. The maximum absolute atomic E-state index is 11.1. The first-order chi connectivity index (χ1) is 14.7. The second-order valence-electron chi connectivity index (χ2n) is 9.30. The van der Waals surface area contributed by atoms with Crippen LogP contribution in [0.3, 0.4) is 0 Å². The van der Waals surface area contributed by atoms with Crippen molar-refractivity contribution >= 4 is 5.97 Å². The summed E-state index contributed by atoms with van der Waals surface area (Å²) in [5.74, 6) is 0.842. The summed E-state index contributed by atoms with van der Waals surface area (Å²) >= 11 is 0. The van der Waals surface area contributed by atoms with Crippen LogP contribution in [-0.2, 0) is 11.2 Å². The first kappa shape index (κ1) is 19.6. The minimum Gasteiger partial charge on any atom is -0.493 e. The molecule has 0 aromatic heterocycles. The standard InChI is InChI=1S/C26H31NO3/c28-26(29)22-15-27(16-22)25-13-9-21-14-20(8-12-24(21)25)19-6-10-23(11-7-19)30-17-18-4-2-1-3-5-18/h6-8,10-12,14,18,22,25H,1-5,9,13,15-17H2,(H,28,29). The Balaban J connectivity index is 1.22. The van der Waals surface area contributed by atoms with E-state index in [1.165, 1.54) is 54.4 Å². The molecule has 2 aromatic carbocycles. The number of nitrogens with zero attached hydrogens (tertiary/aromatic N) is 1. The minimum absolute atomic E-state index is 0.188. The molecule has 1 unspecified atom stereocenters. The number of aryl methyl sites for hydroxylation is 1. The highest BCUT2D eigenvalue weighted by Gasteiger charge is 2.39. The van der Waals surface area contributed by atoms with Crippen LogP contribution in [0.1, 0.15) is 55.7 Å². The second-order valence-corrected chi connectivity index (χ2v) is 9.30. The molecule has 2 fully saturated rings. The van der Waals surface area contributed by atoms with Gasteiger partial charge in [-0.1, -0.05) is 49.6 Å². The zero-order valence-electron chi connectivity index (χ0n) is 17.6. The van der Waals surface area contributed by atoms with Gasteiger partial charge in [-0.2, -0.15) is 0 Å². The van der Waals surface area contributed by atoms with Crippen molar-refractivity contribution in [3.63, 3.8) is 0 Å². The van der Waals surface area contributed by atoms with E-state index in [0.717, 1.165) is 31.1 Å². The SMILES string of the molecule is O=C(O)C1CN(C2CCc3cc(-c4ccc(OCC5CCCCC5)cc4)ccc32)C1. The summed E-state index contributed by atoms with van der Waals surface area (Å²) in [6.45, 7) is 2.21. The first-order valence-electron chi connectivity index (χ1n) is 11.5. The molecule has 1 saturated heterocycles. The number of carboxylic acid groups (broad SMARTS) is 1. The molecule has 158 valence electrons. The molecule has 2 aromatic rings. The molecular formula is C26H31NO3. The summed E-state index contributed by atoms with van der Waals surface area (Å²) in [7, 11) is 0. The Morgan fingerprint density at radius 3 is 2.43 bits per heavy atom. The van der Waals surface area contributed by atoms with Crippen molar-refractivity contribution in [2.24, 2.45) is 11.8 Å². The van der Waals surface area contributed by atoms with Gasteiger partial charge in [0.2, 0.25) is 0 Å². The van der Waals surface area contributed by atoms with Gasteiger partial charge < -0.3 is 9.84 Å². The number of benzene rings is 2. The van der Waals surface area contributed by atoms with Crippen molar-refractivity contribution in [3.8, 4) is 16.9 Å². The molecule has 0 spiro atoms. The third-order valence-electron chi connectivity index (χ3n) is 7.29. The highest BCUT2D eigenvalue weighted by Crippen LogP contribution is 2.41. The number of fused-ring (bicyclic) bond motifs is 1. The monoisotopic (exact) mass is 405 g/mol. The van der Waals surface area contributed by atoms with Crippen LogP contribution in [0, 0.1) is 11.8 Å². The van der Waals surface area contributed by atoms with Crippen LogP contribution in [0.4, 0.5) is 0 Å². The van der Waals surface area contributed by atoms with E-state index >= 15 is 0 Å². The van der Waals surface area contributed by atoms with E-state index < -0.39 is 5.97 Å². The number of aliphatic carboxylic acids is 1. The Morgan fingerprint density at radius 1 is 0.967 bits per heavy atom. The largest absolute Gasteiger partial charge is 0.493 e. The average molecular weight is 406 g/mol. The topological polar surface area (TPSA) is 49.8 Å². The molecular weight excluding hydrogens is 374 g/mol. The molecule has 2 aliphatic carbocycles. The summed E-state index contributed by atoms with van der Waals surface area (Å²) in [4.78, 5) is 13.4. The molecule has 0 amide bonds. The van der Waals surface area contributed by atoms with Gasteiger partial charge in [0.1, 0.15) is 5.75 Å². The van der Waals surface area contributed by atoms with Gasteiger partial charge in [0, 0.05) is 19.1 Å². The summed E-state index contributed by atoms with van der Waals surface area (Å²) in [6.07, 6.45) is 8.87. The van der Waals surface area contributed by atoms with Crippen molar-refractivity contribution in [3.05, 3.63) is 53.6 Å².